The molecule has 3 nitrogen and oxygen atoms in total. The molecule has 1 aromatic carbocycles. The molecular weight excluding hydrogens is 215 g/mol. The van der Waals surface area contributed by atoms with Gasteiger partial charge in [0.25, 0.3) is 0 Å². The molecule has 2 N–H and O–H groups in total. The number of rotatable bonds is 3. The van der Waals surface area contributed by atoms with E-state index in [1.165, 1.54) is 0 Å². The summed E-state index contributed by atoms with van der Waals surface area (Å²) in [7, 11) is -1.44. The van der Waals surface area contributed by atoms with E-state index in [-0.39, 0.29) is 11.5 Å². The Morgan fingerprint density at radius 2 is 1.76 bits per heavy atom. The lowest BCUT2D eigenvalue weighted by molar-refractivity contribution is 0.236. The summed E-state index contributed by atoms with van der Waals surface area (Å²) in [6.07, 6.45) is 0.0981. The van der Waals surface area contributed by atoms with E-state index in [4.69, 9.17) is 4.74 Å². The molecule has 0 aliphatic carbocycles. The lowest BCUT2D eigenvalue weighted by Gasteiger charge is -2.24. The van der Waals surface area contributed by atoms with Crippen LogP contribution in [0.3, 0.4) is 0 Å². The first kappa shape index (κ1) is 14.1. The van der Waals surface area contributed by atoms with Crippen LogP contribution in [0.15, 0.2) is 18.2 Å². The van der Waals surface area contributed by atoms with E-state index in [0.29, 0.717) is 5.46 Å². The summed E-state index contributed by atoms with van der Waals surface area (Å²) in [5.74, 6) is 0.803. The van der Waals surface area contributed by atoms with E-state index < -0.39 is 7.12 Å². The lowest BCUT2D eigenvalue weighted by Crippen LogP contribution is -2.31. The Hall–Kier alpha value is -0.995. The average Bonchev–Trinajstić information content (AvgIpc) is 2.15. The summed E-state index contributed by atoms with van der Waals surface area (Å²) in [4.78, 5) is 0. The molecule has 0 aromatic heterocycles. The summed E-state index contributed by atoms with van der Waals surface area (Å²) in [6.45, 7) is 10.2. The van der Waals surface area contributed by atoms with Crippen molar-refractivity contribution in [1.82, 2.24) is 0 Å². The highest BCUT2D eigenvalue weighted by Gasteiger charge is 2.22. The first-order valence-corrected chi connectivity index (χ1v) is 5.89. The molecule has 17 heavy (non-hydrogen) atoms. The van der Waals surface area contributed by atoms with Gasteiger partial charge in [0.05, 0.1) is 6.10 Å². The Balaban J connectivity index is 3.22. The van der Waals surface area contributed by atoms with Gasteiger partial charge in [-0.15, -0.1) is 0 Å². The van der Waals surface area contributed by atoms with Crippen molar-refractivity contribution in [3.63, 3.8) is 0 Å². The molecule has 0 atom stereocenters. The van der Waals surface area contributed by atoms with Gasteiger partial charge in [-0.25, -0.2) is 0 Å². The van der Waals surface area contributed by atoms with Crippen LogP contribution >= 0.6 is 0 Å². The van der Waals surface area contributed by atoms with Crippen LogP contribution in [-0.4, -0.2) is 23.3 Å². The van der Waals surface area contributed by atoms with Crippen LogP contribution in [0, 0.1) is 0 Å². The standard InChI is InChI=1S/C13H21BO3/c1-9(2)17-12-7-6-10(14(15)16)8-11(12)13(3,4)5/h6-9,15-16H,1-5H3. The Bertz CT molecular complexity index is 381. The quantitative estimate of drug-likeness (QED) is 0.781. The molecule has 1 rings (SSSR count). The minimum Gasteiger partial charge on any atom is -0.491 e. The van der Waals surface area contributed by atoms with E-state index in [1.54, 1.807) is 18.2 Å². The van der Waals surface area contributed by atoms with Crippen LogP contribution in [0.5, 0.6) is 5.75 Å². The first-order chi connectivity index (χ1) is 7.71. The van der Waals surface area contributed by atoms with Gasteiger partial charge >= 0.3 is 7.12 Å². The Kier molecular flexibility index (Phi) is 4.23. The van der Waals surface area contributed by atoms with Gasteiger partial charge < -0.3 is 14.8 Å². The van der Waals surface area contributed by atoms with E-state index in [2.05, 4.69) is 20.8 Å². The maximum Gasteiger partial charge on any atom is 0.488 e. The fourth-order valence-electron chi connectivity index (χ4n) is 1.65. The molecule has 0 aliphatic rings. The molecule has 4 heteroatoms. The van der Waals surface area contributed by atoms with Crippen LogP contribution < -0.4 is 10.2 Å². The number of benzene rings is 1. The second-order valence-electron chi connectivity index (χ2n) is 5.55. The summed E-state index contributed by atoms with van der Waals surface area (Å²) >= 11 is 0. The second kappa shape index (κ2) is 5.11. The largest absolute Gasteiger partial charge is 0.491 e. The Morgan fingerprint density at radius 1 is 1.18 bits per heavy atom. The molecule has 0 heterocycles. The van der Waals surface area contributed by atoms with E-state index in [9.17, 15) is 10.0 Å². The Labute approximate surface area is 104 Å². The van der Waals surface area contributed by atoms with Crippen LogP contribution in [-0.2, 0) is 5.41 Å². The molecule has 0 unspecified atom stereocenters. The van der Waals surface area contributed by atoms with Crippen molar-refractivity contribution < 1.29 is 14.8 Å². The third kappa shape index (κ3) is 3.75. The molecule has 0 saturated carbocycles. The van der Waals surface area contributed by atoms with Gasteiger partial charge in [-0.05, 0) is 36.4 Å². The third-order valence-electron chi connectivity index (χ3n) is 2.47. The van der Waals surface area contributed by atoms with Crippen molar-refractivity contribution in [2.24, 2.45) is 0 Å². The van der Waals surface area contributed by atoms with Gasteiger partial charge in [-0.2, -0.15) is 0 Å². The molecule has 0 spiro atoms. The highest BCUT2D eigenvalue weighted by molar-refractivity contribution is 6.58. The highest BCUT2D eigenvalue weighted by atomic mass is 16.5. The van der Waals surface area contributed by atoms with Crippen molar-refractivity contribution in [2.75, 3.05) is 0 Å². The normalized spacial score (nSPS) is 11.8. The second-order valence-corrected chi connectivity index (χ2v) is 5.55. The minimum absolute atomic E-state index is 0.0981. The van der Waals surface area contributed by atoms with Crippen LogP contribution in [0.25, 0.3) is 0 Å². The molecule has 1 aromatic rings. The van der Waals surface area contributed by atoms with Crippen molar-refractivity contribution >= 4 is 12.6 Å². The smallest absolute Gasteiger partial charge is 0.488 e. The van der Waals surface area contributed by atoms with Crippen molar-refractivity contribution in [3.8, 4) is 5.75 Å². The maximum atomic E-state index is 9.20. The van der Waals surface area contributed by atoms with Crippen molar-refractivity contribution in [3.05, 3.63) is 23.8 Å². The predicted molar refractivity (Wildman–Crippen MR) is 70.7 cm³/mol. The predicted octanol–water partition coefficient (Wildman–Crippen LogP) is 1.45. The van der Waals surface area contributed by atoms with E-state index >= 15 is 0 Å². The van der Waals surface area contributed by atoms with Crippen LogP contribution in [0.4, 0.5) is 0 Å². The molecule has 0 saturated heterocycles. The van der Waals surface area contributed by atoms with Crippen LogP contribution in [0.2, 0.25) is 0 Å². The lowest BCUT2D eigenvalue weighted by atomic mass is 9.76. The summed E-state index contributed by atoms with van der Waals surface area (Å²) < 4.78 is 5.74. The molecule has 0 radical (unpaired) electrons. The first-order valence-electron chi connectivity index (χ1n) is 5.89. The Morgan fingerprint density at radius 3 is 2.18 bits per heavy atom. The number of hydrogen-bond acceptors (Lipinski definition) is 3. The average molecular weight is 236 g/mol. The topological polar surface area (TPSA) is 49.7 Å². The number of hydrogen-bond donors (Lipinski definition) is 2. The monoisotopic (exact) mass is 236 g/mol. The summed E-state index contributed by atoms with van der Waals surface area (Å²) in [5, 5.41) is 18.4. The zero-order chi connectivity index (χ0) is 13.2. The minimum atomic E-state index is -1.44. The van der Waals surface area contributed by atoms with Gasteiger partial charge in [0.15, 0.2) is 0 Å². The van der Waals surface area contributed by atoms with Gasteiger partial charge in [0, 0.05) is 0 Å². The fraction of sp³-hybridized carbons (Fsp3) is 0.538. The molecule has 0 aliphatic heterocycles. The van der Waals surface area contributed by atoms with Gasteiger partial charge in [0.2, 0.25) is 0 Å². The molecule has 0 amide bonds. The van der Waals surface area contributed by atoms with Gasteiger partial charge in [-0.1, -0.05) is 32.9 Å². The van der Waals surface area contributed by atoms with Gasteiger partial charge in [-0.3, -0.25) is 0 Å². The molecular formula is C13H21BO3. The molecule has 94 valence electrons. The van der Waals surface area contributed by atoms with Crippen molar-refractivity contribution in [2.45, 2.75) is 46.1 Å². The summed E-state index contributed by atoms with van der Waals surface area (Å²) in [6, 6.07) is 5.27. The van der Waals surface area contributed by atoms with Gasteiger partial charge in [0.1, 0.15) is 5.75 Å². The zero-order valence-electron chi connectivity index (χ0n) is 11.2. The molecule has 0 fully saturated rings. The van der Waals surface area contributed by atoms with E-state index in [0.717, 1.165) is 11.3 Å². The fourth-order valence-corrected chi connectivity index (χ4v) is 1.65. The van der Waals surface area contributed by atoms with Crippen molar-refractivity contribution in [1.29, 1.82) is 0 Å². The zero-order valence-corrected chi connectivity index (χ0v) is 11.2. The van der Waals surface area contributed by atoms with E-state index in [1.807, 2.05) is 13.8 Å². The molecule has 0 bridgehead atoms. The number of ether oxygens (including phenoxy) is 1. The van der Waals surface area contributed by atoms with Crippen LogP contribution in [0.1, 0.15) is 40.2 Å². The maximum absolute atomic E-state index is 9.20. The summed E-state index contributed by atoms with van der Waals surface area (Å²) in [5.41, 5.74) is 1.37. The third-order valence-corrected chi connectivity index (χ3v) is 2.47. The SMILES string of the molecule is CC(C)Oc1ccc(B(O)O)cc1C(C)(C)C. The highest BCUT2D eigenvalue weighted by Crippen LogP contribution is 2.31.